The Morgan fingerprint density at radius 1 is 1.17 bits per heavy atom. The first-order valence-corrected chi connectivity index (χ1v) is 12.6. The summed E-state index contributed by atoms with van der Waals surface area (Å²) < 4.78 is 61.3. The van der Waals surface area contributed by atoms with E-state index in [0.29, 0.717) is 6.29 Å². The number of thiocarbonyl (C=S) groups is 1. The van der Waals surface area contributed by atoms with Crippen LogP contribution in [-0.4, -0.2) is 41.6 Å². The van der Waals surface area contributed by atoms with Gasteiger partial charge in [0, 0.05) is 24.5 Å². The second kappa shape index (κ2) is 11.0. The summed E-state index contributed by atoms with van der Waals surface area (Å²) in [7, 11) is 1.44. The predicted molar refractivity (Wildman–Crippen MR) is 137 cm³/mol. The number of carbonyl (C=O) groups is 1. The number of alkyl halides is 3. The molecule has 1 aliphatic heterocycles. The number of carbonyl (C=O) groups excluding carboxylic acids is 1. The molecule has 0 aromatic heterocycles. The molecule has 1 saturated heterocycles. The van der Waals surface area contributed by atoms with Crippen molar-refractivity contribution in [3.8, 4) is 11.8 Å². The van der Waals surface area contributed by atoms with Crippen LogP contribution in [0.15, 0.2) is 36.4 Å². The summed E-state index contributed by atoms with van der Waals surface area (Å²) in [5, 5.41) is 9.03. The van der Waals surface area contributed by atoms with Gasteiger partial charge in [-0.15, -0.1) is 0 Å². The Hall–Kier alpha value is -2.84. The maximum Gasteiger partial charge on any atom is 0.417 e. The second-order valence-electron chi connectivity index (χ2n) is 8.83. The molecule has 2 aromatic carbocycles. The Labute approximate surface area is 217 Å². The topological polar surface area (TPSA) is 56.6 Å². The molecule has 2 aromatic rings. The maximum atomic E-state index is 15.1. The fraction of sp³-hybridized carbons (Fsp3) is 0.400. The van der Waals surface area contributed by atoms with E-state index in [2.05, 4.69) is 0 Å². The molecule has 0 aliphatic carbocycles. The second-order valence-corrected chi connectivity index (χ2v) is 10.4. The number of anilines is 2. The van der Waals surface area contributed by atoms with Crippen LogP contribution in [0.25, 0.3) is 0 Å². The molecule has 192 valence electrons. The molecule has 3 rings (SSSR count). The summed E-state index contributed by atoms with van der Waals surface area (Å²) in [6.07, 6.45) is -2.58. The normalized spacial score (nSPS) is 14.6. The van der Waals surface area contributed by atoms with E-state index in [1.54, 1.807) is 19.9 Å². The van der Waals surface area contributed by atoms with E-state index in [4.69, 9.17) is 22.2 Å². The van der Waals surface area contributed by atoms with Crippen molar-refractivity contribution in [1.29, 1.82) is 5.26 Å². The summed E-state index contributed by atoms with van der Waals surface area (Å²) in [6, 6.07) is 8.95. The highest BCUT2D eigenvalue weighted by molar-refractivity contribution is 7.99. The van der Waals surface area contributed by atoms with Crippen molar-refractivity contribution in [3.63, 3.8) is 0 Å². The van der Waals surface area contributed by atoms with Gasteiger partial charge in [-0.2, -0.15) is 30.2 Å². The van der Waals surface area contributed by atoms with Crippen molar-refractivity contribution in [1.82, 2.24) is 0 Å². The summed E-state index contributed by atoms with van der Waals surface area (Å²) in [4.78, 5) is 14.6. The van der Waals surface area contributed by atoms with E-state index in [9.17, 15) is 18.0 Å². The third-order valence-electron chi connectivity index (χ3n) is 5.79. The molecular formula is C25H25F4N3O2S2. The standard InChI is InChI=1S/C25H25F4N3O2S2/c1-24(2,15-33)32(18-6-7-22(21(26)13-18)34-19-8-10-36-11-9-19)23(35)31(3)17-5-4-16(14-30)20(12-17)25(27,28)29/h4-7,12-13,15,19H,8-11H2,1-3H3. The highest BCUT2D eigenvalue weighted by Crippen LogP contribution is 2.36. The van der Waals surface area contributed by atoms with Crippen molar-refractivity contribution in [2.75, 3.05) is 28.4 Å². The fourth-order valence-corrected chi connectivity index (χ4v) is 5.28. The lowest BCUT2D eigenvalue weighted by Gasteiger charge is -2.40. The molecule has 1 aliphatic rings. The van der Waals surface area contributed by atoms with E-state index >= 15 is 4.39 Å². The Morgan fingerprint density at radius 3 is 2.36 bits per heavy atom. The van der Waals surface area contributed by atoms with Crippen molar-refractivity contribution >= 4 is 46.8 Å². The zero-order valence-corrected chi connectivity index (χ0v) is 21.6. The quantitative estimate of drug-likeness (QED) is 0.246. The lowest BCUT2D eigenvalue weighted by Crippen LogP contribution is -2.54. The van der Waals surface area contributed by atoms with Gasteiger partial charge >= 0.3 is 6.18 Å². The first-order valence-electron chi connectivity index (χ1n) is 11.1. The minimum Gasteiger partial charge on any atom is -0.487 e. The van der Waals surface area contributed by atoms with Crippen LogP contribution in [0.4, 0.5) is 28.9 Å². The number of benzene rings is 2. The highest BCUT2D eigenvalue weighted by atomic mass is 32.2. The van der Waals surface area contributed by atoms with Crippen molar-refractivity contribution in [2.24, 2.45) is 0 Å². The fourth-order valence-electron chi connectivity index (χ4n) is 3.77. The van der Waals surface area contributed by atoms with Crippen LogP contribution < -0.4 is 14.5 Å². The Kier molecular flexibility index (Phi) is 8.52. The Balaban J connectivity index is 1.96. The van der Waals surface area contributed by atoms with Gasteiger partial charge in [0.15, 0.2) is 16.7 Å². The number of nitrogens with zero attached hydrogens (tertiary/aromatic N) is 3. The number of hydrogen-bond donors (Lipinski definition) is 0. The van der Waals surface area contributed by atoms with Gasteiger partial charge in [0.1, 0.15) is 12.4 Å². The van der Waals surface area contributed by atoms with E-state index in [-0.39, 0.29) is 28.3 Å². The van der Waals surface area contributed by atoms with E-state index < -0.39 is 28.7 Å². The molecule has 0 amide bonds. The number of rotatable bonds is 6. The number of thioether (sulfide) groups is 1. The monoisotopic (exact) mass is 539 g/mol. The number of nitriles is 1. The van der Waals surface area contributed by atoms with Gasteiger partial charge < -0.3 is 19.3 Å². The number of hydrogen-bond acceptors (Lipinski definition) is 5. The molecule has 0 atom stereocenters. The van der Waals surface area contributed by atoms with Gasteiger partial charge in [0.05, 0.1) is 22.7 Å². The van der Waals surface area contributed by atoms with Crippen molar-refractivity contribution < 1.29 is 27.1 Å². The maximum absolute atomic E-state index is 15.1. The first kappa shape index (κ1) is 27.7. The average Bonchev–Trinajstić information content (AvgIpc) is 2.84. The van der Waals surface area contributed by atoms with Crippen LogP contribution in [0.2, 0.25) is 0 Å². The molecule has 1 fully saturated rings. The highest BCUT2D eigenvalue weighted by Gasteiger charge is 2.36. The van der Waals surface area contributed by atoms with Gasteiger partial charge in [-0.1, -0.05) is 0 Å². The van der Waals surface area contributed by atoms with Crippen LogP contribution in [-0.2, 0) is 11.0 Å². The van der Waals surface area contributed by atoms with Crippen LogP contribution >= 0.6 is 24.0 Å². The summed E-state index contributed by atoms with van der Waals surface area (Å²) in [5.41, 5.74) is -2.61. The molecule has 5 nitrogen and oxygen atoms in total. The third-order valence-corrected chi connectivity index (χ3v) is 7.30. The third kappa shape index (κ3) is 6.10. The molecule has 0 N–H and O–H groups in total. The van der Waals surface area contributed by atoms with Gasteiger partial charge in [0.25, 0.3) is 0 Å². The number of aldehydes is 1. The Bertz CT molecular complexity index is 1170. The zero-order valence-electron chi connectivity index (χ0n) is 19.9. The predicted octanol–water partition coefficient (Wildman–Crippen LogP) is 6.20. The molecule has 0 bridgehead atoms. The minimum atomic E-state index is -4.75. The molecule has 1 heterocycles. The van der Waals surface area contributed by atoms with Crippen molar-refractivity contribution in [2.45, 2.75) is 44.5 Å². The molecule has 11 heteroatoms. The molecule has 0 spiro atoms. The van der Waals surface area contributed by atoms with Crippen LogP contribution in [0.1, 0.15) is 37.8 Å². The molecule has 0 unspecified atom stereocenters. The zero-order chi connectivity index (χ0) is 26.7. The van der Waals surface area contributed by atoms with E-state index in [1.165, 1.54) is 41.1 Å². The SMILES string of the molecule is CN(C(=S)N(c1ccc(OC2CCSCC2)c(F)c1)C(C)(C)C=O)c1ccc(C#N)c(C(F)(F)F)c1. The summed E-state index contributed by atoms with van der Waals surface area (Å²) in [6.45, 7) is 3.12. The smallest absolute Gasteiger partial charge is 0.417 e. The largest absolute Gasteiger partial charge is 0.487 e. The van der Waals surface area contributed by atoms with Crippen LogP contribution in [0, 0.1) is 17.1 Å². The lowest BCUT2D eigenvalue weighted by atomic mass is 10.0. The van der Waals surface area contributed by atoms with Gasteiger partial charge in [-0.05, 0) is 80.7 Å². The number of ether oxygens (including phenoxy) is 1. The first-order chi connectivity index (χ1) is 16.9. The number of halogens is 4. The molecule has 36 heavy (non-hydrogen) atoms. The average molecular weight is 540 g/mol. The summed E-state index contributed by atoms with van der Waals surface area (Å²) in [5.74, 6) is 1.33. The molecule has 0 saturated carbocycles. The van der Waals surface area contributed by atoms with Gasteiger partial charge in [-0.3, -0.25) is 0 Å². The summed E-state index contributed by atoms with van der Waals surface area (Å²) >= 11 is 7.39. The van der Waals surface area contributed by atoms with Crippen LogP contribution in [0.5, 0.6) is 5.75 Å². The lowest BCUT2D eigenvalue weighted by molar-refractivity contribution is -0.137. The van der Waals surface area contributed by atoms with E-state index in [0.717, 1.165) is 36.5 Å². The Morgan fingerprint density at radius 2 is 1.81 bits per heavy atom. The minimum absolute atomic E-state index is 0.0395. The molecule has 0 radical (unpaired) electrons. The van der Waals surface area contributed by atoms with E-state index in [1.807, 2.05) is 11.8 Å². The van der Waals surface area contributed by atoms with Crippen LogP contribution in [0.3, 0.4) is 0 Å². The van der Waals surface area contributed by atoms with Crippen molar-refractivity contribution in [3.05, 3.63) is 53.3 Å². The molecular weight excluding hydrogens is 514 g/mol. The van der Waals surface area contributed by atoms with Gasteiger partial charge in [-0.25, -0.2) is 4.39 Å². The van der Waals surface area contributed by atoms with Gasteiger partial charge in [0.2, 0.25) is 0 Å².